The molecule has 2 atom stereocenters. The van der Waals surface area contributed by atoms with Crippen LogP contribution in [0.2, 0.25) is 0 Å². The minimum absolute atomic E-state index is 0.0337. The summed E-state index contributed by atoms with van der Waals surface area (Å²) in [7, 11) is 0. The fourth-order valence-corrected chi connectivity index (χ4v) is 7.87. The number of aliphatic hydroxyl groups is 2. The fraction of sp³-hybridized carbons (Fsp3) is 0.922. The van der Waals surface area contributed by atoms with E-state index in [0.29, 0.717) is 25.9 Å². The lowest BCUT2D eigenvalue weighted by Crippen LogP contribution is -2.45. The first-order chi connectivity index (χ1) is 28.0. The Kier molecular flexibility index (Phi) is 46.1. The number of carbonyl (C=O) groups excluding carboxylic acids is 2. The quantitative estimate of drug-likeness (QED) is 0.0323. The summed E-state index contributed by atoms with van der Waals surface area (Å²) in [4.78, 5) is 24.5. The van der Waals surface area contributed by atoms with Crippen molar-refractivity contribution in [3.63, 3.8) is 0 Å². The molecule has 57 heavy (non-hydrogen) atoms. The lowest BCUT2D eigenvalue weighted by molar-refractivity contribution is -0.143. The Morgan fingerprint density at radius 1 is 0.474 bits per heavy atom. The second-order valence-electron chi connectivity index (χ2n) is 17.5. The Morgan fingerprint density at radius 3 is 1.26 bits per heavy atom. The fourth-order valence-electron chi connectivity index (χ4n) is 7.87. The third kappa shape index (κ3) is 44.0. The third-order valence-corrected chi connectivity index (χ3v) is 11.8. The second-order valence-corrected chi connectivity index (χ2v) is 17.5. The summed E-state index contributed by atoms with van der Waals surface area (Å²) >= 11 is 0. The van der Waals surface area contributed by atoms with E-state index in [9.17, 15) is 19.8 Å². The number of allylic oxidation sites excluding steroid dienone is 2. The third-order valence-electron chi connectivity index (χ3n) is 11.8. The van der Waals surface area contributed by atoms with Crippen molar-refractivity contribution in [2.45, 2.75) is 289 Å². The van der Waals surface area contributed by atoms with E-state index in [1.165, 1.54) is 186 Å². The lowest BCUT2D eigenvalue weighted by atomic mass is 10.0. The molecule has 0 saturated heterocycles. The first kappa shape index (κ1) is 55.6. The summed E-state index contributed by atoms with van der Waals surface area (Å²) in [5.74, 6) is -0.0949. The summed E-state index contributed by atoms with van der Waals surface area (Å²) in [5.41, 5.74) is 0. The molecule has 0 heterocycles. The Hall–Kier alpha value is -1.40. The van der Waals surface area contributed by atoms with E-state index >= 15 is 0 Å². The number of amides is 1. The molecule has 0 aliphatic carbocycles. The summed E-state index contributed by atoms with van der Waals surface area (Å²) in [6, 6.07) is -0.561. The van der Waals surface area contributed by atoms with E-state index in [0.717, 1.165) is 57.8 Å². The van der Waals surface area contributed by atoms with Crippen LogP contribution in [0.3, 0.4) is 0 Å². The summed E-state index contributed by atoms with van der Waals surface area (Å²) in [6.45, 7) is 4.88. The van der Waals surface area contributed by atoms with E-state index in [1.54, 1.807) is 0 Å². The Labute approximate surface area is 355 Å². The van der Waals surface area contributed by atoms with Gasteiger partial charge in [-0.25, -0.2) is 0 Å². The van der Waals surface area contributed by atoms with Gasteiger partial charge >= 0.3 is 5.97 Å². The molecule has 1 amide bonds. The molecule has 0 bridgehead atoms. The van der Waals surface area contributed by atoms with Crippen LogP contribution in [0.25, 0.3) is 0 Å². The van der Waals surface area contributed by atoms with Gasteiger partial charge in [0.05, 0.1) is 25.4 Å². The van der Waals surface area contributed by atoms with Crippen LogP contribution in [-0.4, -0.2) is 47.4 Å². The predicted octanol–water partition coefficient (Wildman–Crippen LogP) is 15.0. The number of unbranched alkanes of at least 4 members (excludes halogenated alkanes) is 34. The molecule has 0 radical (unpaired) electrons. The van der Waals surface area contributed by atoms with E-state index in [2.05, 4.69) is 31.3 Å². The predicted molar refractivity (Wildman–Crippen MR) is 246 cm³/mol. The van der Waals surface area contributed by atoms with Crippen molar-refractivity contribution in [1.29, 1.82) is 0 Å². The Morgan fingerprint density at radius 2 is 0.825 bits per heavy atom. The Bertz CT molecular complexity index is 847. The number of rotatable bonds is 47. The van der Waals surface area contributed by atoms with Gasteiger partial charge in [-0.1, -0.05) is 225 Å². The minimum Gasteiger partial charge on any atom is -0.466 e. The van der Waals surface area contributed by atoms with Crippen molar-refractivity contribution >= 4 is 11.9 Å². The zero-order valence-corrected chi connectivity index (χ0v) is 38.3. The van der Waals surface area contributed by atoms with Gasteiger partial charge in [0, 0.05) is 12.8 Å². The molecule has 0 aromatic heterocycles. The highest BCUT2D eigenvalue weighted by atomic mass is 16.5. The van der Waals surface area contributed by atoms with E-state index in [4.69, 9.17) is 4.74 Å². The van der Waals surface area contributed by atoms with Crippen LogP contribution < -0.4 is 5.32 Å². The average molecular weight is 806 g/mol. The first-order valence-electron chi connectivity index (χ1n) is 25.4. The van der Waals surface area contributed by atoms with Crippen LogP contribution in [0, 0.1) is 0 Å². The molecule has 3 N–H and O–H groups in total. The van der Waals surface area contributed by atoms with Gasteiger partial charge < -0.3 is 20.3 Å². The maximum absolute atomic E-state index is 12.4. The molecule has 338 valence electrons. The zero-order chi connectivity index (χ0) is 41.5. The second kappa shape index (κ2) is 47.3. The van der Waals surface area contributed by atoms with Crippen LogP contribution in [0.4, 0.5) is 0 Å². The van der Waals surface area contributed by atoms with Crippen LogP contribution >= 0.6 is 0 Å². The minimum atomic E-state index is -0.681. The van der Waals surface area contributed by atoms with Crippen LogP contribution in [-0.2, 0) is 14.3 Å². The average Bonchev–Trinajstić information content (AvgIpc) is 3.21. The molecular formula is C51H99NO5. The van der Waals surface area contributed by atoms with Gasteiger partial charge in [-0.05, 0) is 51.4 Å². The number of aliphatic hydroxyl groups excluding tert-OH is 2. The van der Waals surface area contributed by atoms with Gasteiger partial charge in [-0.3, -0.25) is 9.59 Å². The highest BCUT2D eigenvalue weighted by Crippen LogP contribution is 2.16. The van der Waals surface area contributed by atoms with Crippen molar-refractivity contribution in [3.8, 4) is 0 Å². The van der Waals surface area contributed by atoms with E-state index in [-0.39, 0.29) is 18.5 Å². The van der Waals surface area contributed by atoms with Gasteiger partial charge in [-0.15, -0.1) is 0 Å². The lowest BCUT2D eigenvalue weighted by Gasteiger charge is -2.22. The molecule has 0 aromatic rings. The maximum Gasteiger partial charge on any atom is 0.305 e. The molecule has 0 aliphatic heterocycles. The van der Waals surface area contributed by atoms with Gasteiger partial charge in [0.1, 0.15) is 0 Å². The summed E-state index contributed by atoms with van der Waals surface area (Å²) in [6.07, 6.45) is 53.2. The highest BCUT2D eigenvalue weighted by Gasteiger charge is 2.20. The number of esters is 1. The molecule has 0 fully saturated rings. The van der Waals surface area contributed by atoms with Crippen LogP contribution in [0.5, 0.6) is 0 Å². The normalized spacial score (nSPS) is 12.7. The van der Waals surface area contributed by atoms with Gasteiger partial charge in [0.2, 0.25) is 5.91 Å². The topological polar surface area (TPSA) is 95.9 Å². The zero-order valence-electron chi connectivity index (χ0n) is 38.3. The first-order valence-corrected chi connectivity index (χ1v) is 25.4. The van der Waals surface area contributed by atoms with Crippen molar-refractivity contribution in [2.24, 2.45) is 0 Å². The number of carbonyl (C=O) groups is 2. The molecule has 0 aromatic carbocycles. The molecule has 0 aliphatic rings. The number of nitrogens with one attached hydrogen (secondary N) is 1. The molecule has 0 rings (SSSR count). The molecule has 6 heteroatoms. The van der Waals surface area contributed by atoms with Crippen molar-refractivity contribution < 1.29 is 24.5 Å². The number of ether oxygens (including phenoxy) is 1. The van der Waals surface area contributed by atoms with Crippen LogP contribution in [0.15, 0.2) is 12.2 Å². The van der Waals surface area contributed by atoms with Crippen molar-refractivity contribution in [2.75, 3.05) is 13.2 Å². The Balaban J connectivity index is 3.49. The molecule has 2 unspecified atom stereocenters. The van der Waals surface area contributed by atoms with Crippen molar-refractivity contribution in [1.82, 2.24) is 5.32 Å². The SMILES string of the molecule is CCCCCC/C=C\CCCCCCCC(=O)OCCCCCCCCCCCC(=O)NC(CO)C(O)CCCCCCCCCCCCCCCCCCCC. The summed E-state index contributed by atoms with van der Waals surface area (Å²) in [5, 5.41) is 23.2. The highest BCUT2D eigenvalue weighted by molar-refractivity contribution is 5.76. The van der Waals surface area contributed by atoms with Gasteiger partial charge in [0.25, 0.3) is 0 Å². The molecule has 6 nitrogen and oxygen atoms in total. The van der Waals surface area contributed by atoms with E-state index in [1.807, 2.05) is 0 Å². The monoisotopic (exact) mass is 806 g/mol. The van der Waals surface area contributed by atoms with Crippen LogP contribution in [0.1, 0.15) is 277 Å². The van der Waals surface area contributed by atoms with Crippen molar-refractivity contribution in [3.05, 3.63) is 12.2 Å². The molecule has 0 saturated carbocycles. The van der Waals surface area contributed by atoms with Gasteiger partial charge in [0.15, 0.2) is 0 Å². The molecule has 0 spiro atoms. The van der Waals surface area contributed by atoms with Gasteiger partial charge in [-0.2, -0.15) is 0 Å². The molecular weight excluding hydrogens is 707 g/mol. The smallest absolute Gasteiger partial charge is 0.305 e. The standard InChI is InChI=1S/C51H99NO5/c1-3-5-7-9-11-13-15-17-18-19-20-21-23-24-27-31-35-39-43-49(54)48(47-53)52-50(55)44-40-36-32-28-26-30-34-38-42-46-57-51(56)45-41-37-33-29-25-22-16-14-12-10-8-6-4-2/h14,16,48-49,53-54H,3-13,15,17-47H2,1-2H3,(H,52,55)/b16-14-. The number of hydrogen-bond acceptors (Lipinski definition) is 5. The summed E-state index contributed by atoms with van der Waals surface area (Å²) < 4.78 is 5.44. The van der Waals surface area contributed by atoms with E-state index < -0.39 is 12.1 Å². The largest absolute Gasteiger partial charge is 0.466 e. The maximum atomic E-state index is 12.4. The number of hydrogen-bond donors (Lipinski definition) is 3.